The van der Waals surface area contributed by atoms with E-state index in [0.717, 1.165) is 0 Å². The van der Waals surface area contributed by atoms with Gasteiger partial charge in [-0.1, -0.05) is 11.6 Å². The molecule has 26 heavy (non-hydrogen) atoms. The van der Waals surface area contributed by atoms with Gasteiger partial charge in [0, 0.05) is 18.3 Å². The Bertz CT molecular complexity index is 786. The van der Waals surface area contributed by atoms with Crippen molar-refractivity contribution in [3.8, 4) is 5.75 Å². The van der Waals surface area contributed by atoms with Gasteiger partial charge in [-0.05, 0) is 43.4 Å². The van der Waals surface area contributed by atoms with Gasteiger partial charge in [-0.3, -0.25) is 19.8 Å². The van der Waals surface area contributed by atoms with Crippen molar-refractivity contribution in [3.05, 3.63) is 63.4 Å². The Balaban J connectivity index is 1.79. The molecular weight excluding hydrogens is 365 g/mol. The van der Waals surface area contributed by atoms with Crippen LogP contribution in [-0.4, -0.2) is 42.5 Å². The van der Waals surface area contributed by atoms with Crippen molar-refractivity contribution < 1.29 is 18.8 Å². The number of carbonyl (C=O) groups is 1. The molecule has 0 heterocycles. The first kappa shape index (κ1) is 19.6. The van der Waals surface area contributed by atoms with Gasteiger partial charge in [0.05, 0.1) is 11.5 Å². The fourth-order valence-electron chi connectivity index (χ4n) is 2.11. The van der Waals surface area contributed by atoms with Gasteiger partial charge >= 0.3 is 0 Å². The molecule has 2 aromatic carbocycles. The molecule has 2 rings (SSSR count). The minimum Gasteiger partial charge on any atom is -0.492 e. The van der Waals surface area contributed by atoms with Crippen LogP contribution in [-0.2, 0) is 4.79 Å². The number of anilines is 1. The summed E-state index contributed by atoms with van der Waals surface area (Å²) in [6.07, 6.45) is 0. The lowest BCUT2D eigenvalue weighted by atomic mass is 10.2. The Morgan fingerprint density at radius 1 is 1.31 bits per heavy atom. The first-order valence-electron chi connectivity index (χ1n) is 7.66. The number of nitrogens with one attached hydrogen (secondary N) is 1. The molecular formula is C17H17ClFN3O4. The molecule has 1 amide bonds. The summed E-state index contributed by atoms with van der Waals surface area (Å²) >= 11 is 5.73. The van der Waals surface area contributed by atoms with E-state index >= 15 is 0 Å². The molecule has 9 heteroatoms. The maximum absolute atomic E-state index is 12.8. The summed E-state index contributed by atoms with van der Waals surface area (Å²) in [5.74, 6) is -0.128. The number of rotatable bonds is 8. The monoisotopic (exact) mass is 381 g/mol. The van der Waals surface area contributed by atoms with Crippen LogP contribution in [0.15, 0.2) is 42.5 Å². The highest BCUT2D eigenvalue weighted by Gasteiger charge is 2.14. The van der Waals surface area contributed by atoms with E-state index in [1.165, 1.54) is 42.5 Å². The first-order chi connectivity index (χ1) is 12.3. The van der Waals surface area contributed by atoms with E-state index in [-0.39, 0.29) is 29.0 Å². The number of ether oxygens (including phenoxy) is 1. The van der Waals surface area contributed by atoms with Crippen molar-refractivity contribution in [2.75, 3.05) is 32.1 Å². The number of amides is 1. The van der Waals surface area contributed by atoms with Crippen molar-refractivity contribution in [2.45, 2.75) is 0 Å². The molecule has 7 nitrogen and oxygen atoms in total. The average Bonchev–Trinajstić information content (AvgIpc) is 2.58. The average molecular weight is 382 g/mol. The molecule has 0 unspecified atom stereocenters. The second-order valence-electron chi connectivity index (χ2n) is 5.51. The van der Waals surface area contributed by atoms with E-state index in [4.69, 9.17) is 16.3 Å². The third-order valence-corrected chi connectivity index (χ3v) is 3.72. The molecule has 2 aromatic rings. The largest absolute Gasteiger partial charge is 0.492 e. The molecule has 1 N–H and O–H groups in total. The number of hydrogen-bond acceptors (Lipinski definition) is 5. The zero-order valence-corrected chi connectivity index (χ0v) is 14.7. The third-order valence-electron chi connectivity index (χ3n) is 3.40. The molecule has 0 atom stereocenters. The molecule has 0 spiro atoms. The molecule has 0 aliphatic carbocycles. The zero-order chi connectivity index (χ0) is 19.1. The predicted molar refractivity (Wildman–Crippen MR) is 96.1 cm³/mol. The molecule has 0 saturated carbocycles. The van der Waals surface area contributed by atoms with E-state index in [1.54, 1.807) is 11.9 Å². The number of benzene rings is 2. The highest BCUT2D eigenvalue weighted by molar-refractivity contribution is 6.32. The van der Waals surface area contributed by atoms with Gasteiger partial charge in [0.25, 0.3) is 5.69 Å². The number of nitrogens with zero attached hydrogens (tertiary/aromatic N) is 2. The minimum atomic E-state index is -0.614. The maximum atomic E-state index is 12.8. The van der Waals surface area contributed by atoms with E-state index in [1.807, 2.05) is 0 Å². The fourth-order valence-corrected chi connectivity index (χ4v) is 2.29. The summed E-state index contributed by atoms with van der Waals surface area (Å²) in [7, 11) is 1.73. The Kier molecular flexibility index (Phi) is 6.88. The summed E-state index contributed by atoms with van der Waals surface area (Å²) < 4.78 is 18.3. The van der Waals surface area contributed by atoms with Crippen molar-refractivity contribution in [3.63, 3.8) is 0 Å². The summed E-state index contributed by atoms with van der Waals surface area (Å²) in [6.45, 7) is 0.858. The molecule has 0 saturated heterocycles. The molecule has 0 bridgehead atoms. The second kappa shape index (κ2) is 9.12. The van der Waals surface area contributed by atoms with E-state index in [0.29, 0.717) is 24.6 Å². The maximum Gasteiger partial charge on any atom is 0.289 e. The topological polar surface area (TPSA) is 84.7 Å². The van der Waals surface area contributed by atoms with Gasteiger partial charge in [0.1, 0.15) is 23.2 Å². The standard InChI is InChI=1S/C17H17ClFN3O4/c1-21(8-9-26-14-5-2-12(19)3-6-14)11-17(23)20-13-4-7-15(18)16(10-13)22(24)25/h2-7,10H,8-9,11H2,1H3,(H,20,23). The normalized spacial score (nSPS) is 10.6. The Morgan fingerprint density at radius 3 is 2.65 bits per heavy atom. The molecule has 0 radical (unpaired) electrons. The van der Waals surface area contributed by atoms with Crippen molar-refractivity contribution in [1.29, 1.82) is 0 Å². The van der Waals surface area contributed by atoms with Crippen LogP contribution in [0.1, 0.15) is 0 Å². The van der Waals surface area contributed by atoms with Crippen LogP contribution in [0.25, 0.3) is 0 Å². The van der Waals surface area contributed by atoms with Crippen LogP contribution in [0.5, 0.6) is 5.75 Å². The molecule has 0 aliphatic rings. The highest BCUT2D eigenvalue weighted by Crippen LogP contribution is 2.27. The Labute approximate surface area is 154 Å². The van der Waals surface area contributed by atoms with Gasteiger partial charge in [-0.2, -0.15) is 0 Å². The van der Waals surface area contributed by atoms with Crippen LogP contribution in [0.2, 0.25) is 5.02 Å². The predicted octanol–water partition coefficient (Wildman–Crippen LogP) is 3.34. The van der Waals surface area contributed by atoms with E-state index in [2.05, 4.69) is 5.32 Å². The summed E-state index contributed by atoms with van der Waals surface area (Å²) in [5.41, 5.74) is 0.0209. The molecule has 138 valence electrons. The van der Waals surface area contributed by atoms with Gasteiger partial charge in [0.2, 0.25) is 5.91 Å². The number of likely N-dealkylation sites (N-methyl/N-ethyl adjacent to an activating group) is 1. The van der Waals surface area contributed by atoms with Gasteiger partial charge in [0.15, 0.2) is 0 Å². The molecule has 0 aliphatic heterocycles. The SMILES string of the molecule is CN(CCOc1ccc(F)cc1)CC(=O)Nc1ccc(Cl)c([N+](=O)[O-])c1. The highest BCUT2D eigenvalue weighted by atomic mass is 35.5. The lowest BCUT2D eigenvalue weighted by Crippen LogP contribution is -2.33. The first-order valence-corrected chi connectivity index (χ1v) is 8.03. The quantitative estimate of drug-likeness (QED) is 0.560. The number of hydrogen-bond donors (Lipinski definition) is 1. The Hall–Kier alpha value is -2.71. The van der Waals surface area contributed by atoms with Crippen LogP contribution in [0.3, 0.4) is 0 Å². The summed E-state index contributed by atoms with van der Waals surface area (Å²) in [5, 5.41) is 13.4. The van der Waals surface area contributed by atoms with Crippen molar-refractivity contribution in [1.82, 2.24) is 4.90 Å². The summed E-state index contributed by atoms with van der Waals surface area (Å²) in [4.78, 5) is 24.0. The van der Waals surface area contributed by atoms with Crippen molar-refractivity contribution in [2.24, 2.45) is 0 Å². The lowest BCUT2D eigenvalue weighted by molar-refractivity contribution is -0.384. The van der Waals surface area contributed by atoms with E-state index < -0.39 is 4.92 Å². The van der Waals surface area contributed by atoms with Crippen molar-refractivity contribution >= 4 is 28.9 Å². The number of carbonyl (C=O) groups excluding carboxylic acids is 1. The fraction of sp³-hybridized carbons (Fsp3) is 0.235. The second-order valence-corrected chi connectivity index (χ2v) is 5.92. The van der Waals surface area contributed by atoms with Gasteiger partial charge in [-0.25, -0.2) is 4.39 Å². The molecule has 0 fully saturated rings. The van der Waals surface area contributed by atoms with E-state index in [9.17, 15) is 19.3 Å². The third kappa shape index (κ3) is 5.98. The summed E-state index contributed by atoms with van der Waals surface area (Å²) in [6, 6.07) is 9.71. The van der Waals surface area contributed by atoms with Crippen LogP contribution in [0.4, 0.5) is 15.8 Å². The van der Waals surface area contributed by atoms with Crippen LogP contribution < -0.4 is 10.1 Å². The lowest BCUT2D eigenvalue weighted by Gasteiger charge is -2.16. The van der Waals surface area contributed by atoms with Crippen LogP contribution >= 0.6 is 11.6 Å². The number of nitro benzene ring substituents is 1. The van der Waals surface area contributed by atoms with Gasteiger partial charge < -0.3 is 10.1 Å². The molecule has 0 aromatic heterocycles. The Morgan fingerprint density at radius 2 is 2.00 bits per heavy atom. The minimum absolute atomic E-state index is 0.00283. The number of halogens is 2. The van der Waals surface area contributed by atoms with Crippen LogP contribution in [0, 0.1) is 15.9 Å². The number of nitro groups is 1. The zero-order valence-electron chi connectivity index (χ0n) is 13.9. The smallest absolute Gasteiger partial charge is 0.289 e. The van der Waals surface area contributed by atoms with Gasteiger partial charge in [-0.15, -0.1) is 0 Å².